The van der Waals surface area contributed by atoms with Crippen molar-refractivity contribution in [3.05, 3.63) is 16.9 Å². The zero-order valence-corrected chi connectivity index (χ0v) is 7.35. The Morgan fingerprint density at radius 2 is 2.45 bits per heavy atom. The van der Waals surface area contributed by atoms with Crippen LogP contribution in [0, 0.1) is 6.92 Å². The summed E-state index contributed by atoms with van der Waals surface area (Å²) in [5, 5.41) is 5.51. The highest BCUT2D eigenvalue weighted by molar-refractivity contribution is 7.16. The van der Waals surface area contributed by atoms with Gasteiger partial charge >= 0.3 is 0 Å². The van der Waals surface area contributed by atoms with Gasteiger partial charge in [0, 0.05) is 0 Å². The molecule has 0 aromatic carbocycles. The third-order valence-corrected chi connectivity index (χ3v) is 2.67. The first-order chi connectivity index (χ1) is 5.31. The summed E-state index contributed by atoms with van der Waals surface area (Å²) in [5.74, 6) is 0. The Kier molecular flexibility index (Phi) is 1.42. The smallest absolute Gasteiger partial charge is 0.212 e. The molecule has 4 heteroatoms. The van der Waals surface area contributed by atoms with Gasteiger partial charge < -0.3 is 0 Å². The van der Waals surface area contributed by atoms with Gasteiger partial charge in [0.2, 0.25) is 4.96 Å². The van der Waals surface area contributed by atoms with Gasteiger partial charge in [-0.2, -0.15) is 5.10 Å². The van der Waals surface area contributed by atoms with E-state index in [1.54, 1.807) is 11.3 Å². The van der Waals surface area contributed by atoms with Gasteiger partial charge in [0.15, 0.2) is 0 Å². The minimum absolute atomic E-state index is 0.994. The van der Waals surface area contributed by atoms with Gasteiger partial charge in [0.05, 0.1) is 11.9 Å². The number of fused-ring (bicyclic) bond motifs is 1. The molecule has 0 saturated heterocycles. The molecule has 0 N–H and O–H groups in total. The molecule has 11 heavy (non-hydrogen) atoms. The van der Waals surface area contributed by atoms with E-state index in [0.29, 0.717) is 0 Å². The lowest BCUT2D eigenvalue weighted by Gasteiger charge is -1.83. The number of hydrogen-bond acceptors (Lipinski definition) is 3. The number of nitrogens with zero attached hydrogens (tertiary/aromatic N) is 3. The number of rotatable bonds is 1. The second kappa shape index (κ2) is 2.30. The van der Waals surface area contributed by atoms with Crippen molar-refractivity contribution in [3.63, 3.8) is 0 Å². The van der Waals surface area contributed by atoms with Gasteiger partial charge in [-0.1, -0.05) is 18.3 Å². The third-order valence-electron chi connectivity index (χ3n) is 1.60. The standard InChI is InChI=1S/C7H9N3S/c1-3-6-9-10-5(2)4-8-7(10)11-6/h4H,3H2,1-2H3. The van der Waals surface area contributed by atoms with Crippen molar-refractivity contribution in [2.45, 2.75) is 20.3 Å². The van der Waals surface area contributed by atoms with Crippen molar-refractivity contribution < 1.29 is 0 Å². The maximum absolute atomic E-state index is 4.36. The van der Waals surface area contributed by atoms with Gasteiger partial charge in [-0.15, -0.1) is 0 Å². The van der Waals surface area contributed by atoms with Crippen molar-refractivity contribution in [1.29, 1.82) is 0 Å². The zero-order valence-electron chi connectivity index (χ0n) is 6.53. The molecule has 0 atom stereocenters. The largest absolute Gasteiger partial charge is 0.226 e. The van der Waals surface area contributed by atoms with Crippen molar-refractivity contribution >= 4 is 16.3 Å². The number of imidazole rings is 1. The van der Waals surface area contributed by atoms with E-state index in [2.05, 4.69) is 17.0 Å². The maximum Gasteiger partial charge on any atom is 0.212 e. The summed E-state index contributed by atoms with van der Waals surface area (Å²) in [7, 11) is 0. The molecular formula is C7H9N3S. The Bertz CT molecular complexity index is 374. The van der Waals surface area contributed by atoms with Gasteiger partial charge in [-0.3, -0.25) is 0 Å². The molecule has 0 bridgehead atoms. The molecule has 3 nitrogen and oxygen atoms in total. The lowest BCUT2D eigenvalue weighted by atomic mass is 10.5. The fraction of sp³-hybridized carbons (Fsp3) is 0.429. The van der Waals surface area contributed by atoms with E-state index in [1.807, 2.05) is 17.6 Å². The molecule has 0 fully saturated rings. The molecule has 0 aliphatic carbocycles. The topological polar surface area (TPSA) is 30.2 Å². The maximum atomic E-state index is 4.36. The van der Waals surface area contributed by atoms with Crippen molar-refractivity contribution in [2.75, 3.05) is 0 Å². The van der Waals surface area contributed by atoms with Crippen LogP contribution in [-0.4, -0.2) is 14.6 Å². The van der Waals surface area contributed by atoms with Gasteiger partial charge in [-0.05, 0) is 13.3 Å². The van der Waals surface area contributed by atoms with Crippen LogP contribution in [0.15, 0.2) is 6.20 Å². The third kappa shape index (κ3) is 0.939. The predicted molar refractivity (Wildman–Crippen MR) is 45.0 cm³/mol. The molecule has 0 spiro atoms. The number of aryl methyl sites for hydroxylation is 2. The number of aromatic nitrogens is 3. The Morgan fingerprint density at radius 3 is 3.09 bits per heavy atom. The normalized spacial score (nSPS) is 11.1. The molecule has 58 valence electrons. The average molecular weight is 167 g/mol. The molecule has 2 aromatic heterocycles. The van der Waals surface area contributed by atoms with Crippen LogP contribution in [0.2, 0.25) is 0 Å². The zero-order chi connectivity index (χ0) is 7.84. The highest BCUT2D eigenvalue weighted by Gasteiger charge is 2.04. The predicted octanol–water partition coefficient (Wildman–Crippen LogP) is 1.66. The van der Waals surface area contributed by atoms with Crippen LogP contribution in [0.3, 0.4) is 0 Å². The highest BCUT2D eigenvalue weighted by atomic mass is 32.1. The Hall–Kier alpha value is -0.900. The van der Waals surface area contributed by atoms with E-state index in [1.165, 1.54) is 0 Å². The van der Waals surface area contributed by atoms with Crippen LogP contribution in [0.1, 0.15) is 17.6 Å². The summed E-state index contributed by atoms with van der Waals surface area (Å²) in [5.41, 5.74) is 1.11. The fourth-order valence-electron chi connectivity index (χ4n) is 0.980. The van der Waals surface area contributed by atoms with Crippen molar-refractivity contribution in [3.8, 4) is 0 Å². The first-order valence-corrected chi connectivity index (χ1v) is 4.43. The second-order valence-electron chi connectivity index (χ2n) is 2.44. The van der Waals surface area contributed by atoms with Crippen LogP contribution in [0.5, 0.6) is 0 Å². The summed E-state index contributed by atoms with van der Waals surface area (Å²) >= 11 is 1.66. The molecular weight excluding hydrogens is 158 g/mol. The van der Waals surface area contributed by atoms with Crippen LogP contribution < -0.4 is 0 Å². The van der Waals surface area contributed by atoms with Crippen LogP contribution in [-0.2, 0) is 6.42 Å². The summed E-state index contributed by atoms with van der Waals surface area (Å²) in [6.07, 6.45) is 2.84. The van der Waals surface area contributed by atoms with Crippen LogP contribution in [0.25, 0.3) is 4.96 Å². The summed E-state index contributed by atoms with van der Waals surface area (Å²) in [6, 6.07) is 0. The highest BCUT2D eigenvalue weighted by Crippen LogP contribution is 2.14. The van der Waals surface area contributed by atoms with E-state index in [9.17, 15) is 0 Å². The van der Waals surface area contributed by atoms with Gasteiger partial charge in [0.25, 0.3) is 0 Å². The lowest BCUT2D eigenvalue weighted by molar-refractivity contribution is 0.881. The van der Waals surface area contributed by atoms with E-state index < -0.39 is 0 Å². The molecule has 2 rings (SSSR count). The molecule has 0 unspecified atom stereocenters. The average Bonchev–Trinajstić information content (AvgIpc) is 2.53. The SMILES string of the molecule is CCc1nn2c(C)cnc2s1. The van der Waals surface area contributed by atoms with E-state index in [-0.39, 0.29) is 0 Å². The fourth-order valence-corrected chi connectivity index (χ4v) is 1.83. The summed E-state index contributed by atoms with van der Waals surface area (Å²) in [4.78, 5) is 5.21. The van der Waals surface area contributed by atoms with E-state index in [0.717, 1.165) is 22.1 Å². The van der Waals surface area contributed by atoms with E-state index in [4.69, 9.17) is 0 Å². The minimum Gasteiger partial charge on any atom is -0.226 e. The first kappa shape index (κ1) is 6.79. The Morgan fingerprint density at radius 1 is 1.64 bits per heavy atom. The van der Waals surface area contributed by atoms with Crippen molar-refractivity contribution in [1.82, 2.24) is 14.6 Å². The molecule has 2 aromatic rings. The van der Waals surface area contributed by atoms with E-state index >= 15 is 0 Å². The summed E-state index contributed by atoms with van der Waals surface area (Å²) < 4.78 is 1.89. The minimum atomic E-state index is 0.994. The molecule has 0 aliphatic rings. The van der Waals surface area contributed by atoms with Crippen molar-refractivity contribution in [2.24, 2.45) is 0 Å². The molecule has 0 radical (unpaired) electrons. The number of hydrogen-bond donors (Lipinski definition) is 0. The molecule has 0 amide bonds. The first-order valence-electron chi connectivity index (χ1n) is 3.61. The Labute approximate surface area is 68.7 Å². The van der Waals surface area contributed by atoms with Gasteiger partial charge in [0.1, 0.15) is 5.01 Å². The second-order valence-corrected chi connectivity index (χ2v) is 3.48. The monoisotopic (exact) mass is 167 g/mol. The molecule has 0 saturated carbocycles. The molecule has 0 aliphatic heterocycles. The molecule has 2 heterocycles. The van der Waals surface area contributed by atoms with Crippen LogP contribution in [0.4, 0.5) is 0 Å². The van der Waals surface area contributed by atoms with Crippen LogP contribution >= 0.6 is 11.3 Å². The quantitative estimate of drug-likeness (QED) is 0.646. The summed E-state index contributed by atoms with van der Waals surface area (Å²) in [6.45, 7) is 4.12. The van der Waals surface area contributed by atoms with Gasteiger partial charge in [-0.25, -0.2) is 9.50 Å². The Balaban J connectivity index is 2.70. The lowest BCUT2D eigenvalue weighted by Crippen LogP contribution is -1.87.